The molecule has 0 radical (unpaired) electrons. The molecule has 3 nitrogen and oxygen atoms in total. The lowest BCUT2D eigenvalue weighted by Crippen LogP contribution is -1.94. The zero-order valence-electron chi connectivity index (χ0n) is 8.34. The molecule has 16 heavy (non-hydrogen) atoms. The fraction of sp³-hybridized carbons (Fsp3) is 0. The number of hydrogen-bond acceptors (Lipinski definition) is 2. The van der Waals surface area contributed by atoms with Crippen LogP contribution in [-0.2, 0) is 0 Å². The molecular weight excluding hydrogens is 266 g/mol. The van der Waals surface area contributed by atoms with E-state index < -0.39 is 0 Å². The van der Waals surface area contributed by atoms with Gasteiger partial charge in [0.05, 0.1) is 11.9 Å². The fourth-order valence-electron chi connectivity index (χ4n) is 1.71. The molecule has 3 heterocycles. The maximum atomic E-state index is 4.37. The van der Waals surface area contributed by atoms with Crippen LogP contribution in [0.25, 0.3) is 16.7 Å². The topological polar surface area (TPSA) is 30.7 Å². The van der Waals surface area contributed by atoms with Crippen molar-refractivity contribution in [2.24, 2.45) is 0 Å². The third kappa shape index (κ3) is 1.51. The second-order valence-electron chi connectivity index (χ2n) is 3.46. The lowest BCUT2D eigenvalue weighted by molar-refractivity contribution is 1.07. The van der Waals surface area contributed by atoms with Crippen molar-refractivity contribution in [3.8, 4) is 5.69 Å². The largest absolute Gasteiger partial charge is 0.300 e. The SMILES string of the molecule is Brc1cncc(-n2ccc3cccnc32)c1. The van der Waals surface area contributed by atoms with Crippen molar-refractivity contribution >= 4 is 27.0 Å². The number of fused-ring (bicyclic) bond motifs is 1. The molecule has 3 rings (SSSR count). The van der Waals surface area contributed by atoms with Crippen molar-refractivity contribution in [1.82, 2.24) is 14.5 Å². The fourth-order valence-corrected chi connectivity index (χ4v) is 2.06. The summed E-state index contributed by atoms with van der Waals surface area (Å²) in [5, 5.41) is 1.13. The average Bonchev–Trinajstić information content (AvgIpc) is 2.72. The molecule has 0 aliphatic carbocycles. The summed E-state index contributed by atoms with van der Waals surface area (Å²) in [6.45, 7) is 0. The Morgan fingerprint density at radius 1 is 1.19 bits per heavy atom. The quantitative estimate of drug-likeness (QED) is 0.682. The summed E-state index contributed by atoms with van der Waals surface area (Å²) in [5.74, 6) is 0. The zero-order chi connectivity index (χ0) is 11.0. The summed E-state index contributed by atoms with van der Waals surface area (Å²) in [7, 11) is 0. The summed E-state index contributed by atoms with van der Waals surface area (Å²) >= 11 is 3.42. The van der Waals surface area contributed by atoms with Crippen LogP contribution in [-0.4, -0.2) is 14.5 Å². The Bertz CT molecular complexity index is 645. The van der Waals surface area contributed by atoms with Gasteiger partial charge in [-0.2, -0.15) is 0 Å². The first kappa shape index (κ1) is 9.54. The van der Waals surface area contributed by atoms with Crippen LogP contribution >= 0.6 is 15.9 Å². The number of pyridine rings is 2. The van der Waals surface area contributed by atoms with Crippen molar-refractivity contribution in [3.05, 3.63) is 53.5 Å². The highest BCUT2D eigenvalue weighted by Crippen LogP contribution is 2.19. The first-order chi connectivity index (χ1) is 7.84. The second kappa shape index (κ2) is 3.72. The van der Waals surface area contributed by atoms with E-state index in [0.717, 1.165) is 21.2 Å². The van der Waals surface area contributed by atoms with Gasteiger partial charge in [0.25, 0.3) is 0 Å². The van der Waals surface area contributed by atoms with Crippen LogP contribution in [0.2, 0.25) is 0 Å². The van der Waals surface area contributed by atoms with Crippen molar-refractivity contribution in [2.75, 3.05) is 0 Å². The van der Waals surface area contributed by atoms with Gasteiger partial charge in [-0.25, -0.2) is 4.98 Å². The third-order valence-corrected chi connectivity index (χ3v) is 2.85. The van der Waals surface area contributed by atoms with E-state index in [4.69, 9.17) is 0 Å². The Balaban J connectivity index is 2.26. The van der Waals surface area contributed by atoms with E-state index in [0.29, 0.717) is 0 Å². The normalized spacial score (nSPS) is 10.8. The van der Waals surface area contributed by atoms with Crippen LogP contribution < -0.4 is 0 Å². The molecular formula is C12H8BrN3. The lowest BCUT2D eigenvalue weighted by Gasteiger charge is -2.03. The van der Waals surface area contributed by atoms with E-state index in [1.165, 1.54) is 0 Å². The van der Waals surface area contributed by atoms with Crippen LogP contribution in [0.5, 0.6) is 0 Å². The zero-order valence-corrected chi connectivity index (χ0v) is 9.92. The van der Waals surface area contributed by atoms with E-state index in [1.54, 1.807) is 12.4 Å². The van der Waals surface area contributed by atoms with Gasteiger partial charge < -0.3 is 0 Å². The van der Waals surface area contributed by atoms with Crippen LogP contribution in [0.1, 0.15) is 0 Å². The molecule has 0 bridgehead atoms. The standard InChI is InChI=1S/C12H8BrN3/c13-10-6-11(8-14-7-10)16-5-3-9-2-1-4-15-12(9)16/h1-8H. The Labute approximate surface area is 101 Å². The highest BCUT2D eigenvalue weighted by atomic mass is 79.9. The number of hydrogen-bond donors (Lipinski definition) is 0. The molecule has 3 aromatic heterocycles. The monoisotopic (exact) mass is 273 g/mol. The summed E-state index contributed by atoms with van der Waals surface area (Å²) in [6, 6.07) is 8.04. The average molecular weight is 274 g/mol. The number of halogens is 1. The summed E-state index contributed by atoms with van der Waals surface area (Å²) < 4.78 is 2.98. The highest BCUT2D eigenvalue weighted by Gasteiger charge is 2.03. The van der Waals surface area contributed by atoms with E-state index in [2.05, 4.69) is 25.9 Å². The minimum Gasteiger partial charge on any atom is -0.300 e. The number of nitrogens with zero attached hydrogens (tertiary/aromatic N) is 3. The van der Waals surface area contributed by atoms with Crippen LogP contribution in [0, 0.1) is 0 Å². The first-order valence-electron chi connectivity index (χ1n) is 4.87. The Hall–Kier alpha value is -1.68. The Morgan fingerprint density at radius 3 is 3.00 bits per heavy atom. The number of rotatable bonds is 1. The van der Waals surface area contributed by atoms with E-state index in [9.17, 15) is 0 Å². The van der Waals surface area contributed by atoms with Crippen LogP contribution in [0.3, 0.4) is 0 Å². The van der Waals surface area contributed by atoms with Crippen LogP contribution in [0.15, 0.2) is 53.5 Å². The van der Waals surface area contributed by atoms with Gasteiger partial charge in [0.1, 0.15) is 5.65 Å². The predicted molar refractivity (Wildman–Crippen MR) is 66.6 cm³/mol. The molecule has 0 aromatic carbocycles. The maximum absolute atomic E-state index is 4.37. The molecule has 0 aliphatic rings. The molecule has 3 aromatic rings. The molecule has 0 N–H and O–H groups in total. The minimum absolute atomic E-state index is 0.947. The smallest absolute Gasteiger partial charge is 0.144 e. The van der Waals surface area contributed by atoms with Crippen molar-refractivity contribution < 1.29 is 0 Å². The molecule has 4 heteroatoms. The highest BCUT2D eigenvalue weighted by molar-refractivity contribution is 9.10. The third-order valence-electron chi connectivity index (χ3n) is 2.42. The van der Waals surface area contributed by atoms with Crippen molar-refractivity contribution in [1.29, 1.82) is 0 Å². The lowest BCUT2D eigenvalue weighted by atomic mass is 10.3. The molecule has 0 fully saturated rings. The Kier molecular flexibility index (Phi) is 2.22. The molecule has 0 aliphatic heterocycles. The summed E-state index contributed by atoms with van der Waals surface area (Å²) in [4.78, 5) is 8.52. The molecule has 0 spiro atoms. The van der Waals surface area contributed by atoms with Crippen molar-refractivity contribution in [2.45, 2.75) is 0 Å². The minimum atomic E-state index is 0.947. The molecule has 78 valence electrons. The molecule has 0 atom stereocenters. The molecule has 0 amide bonds. The maximum Gasteiger partial charge on any atom is 0.144 e. The van der Waals surface area contributed by atoms with Crippen LogP contribution in [0.4, 0.5) is 0 Å². The van der Waals surface area contributed by atoms with E-state index >= 15 is 0 Å². The van der Waals surface area contributed by atoms with Gasteiger partial charge >= 0.3 is 0 Å². The van der Waals surface area contributed by atoms with Crippen molar-refractivity contribution in [3.63, 3.8) is 0 Å². The van der Waals surface area contributed by atoms with Gasteiger partial charge in [-0.1, -0.05) is 0 Å². The number of aromatic nitrogens is 3. The first-order valence-corrected chi connectivity index (χ1v) is 5.67. The second-order valence-corrected chi connectivity index (χ2v) is 4.38. The Morgan fingerprint density at radius 2 is 2.12 bits per heavy atom. The molecule has 0 saturated carbocycles. The van der Waals surface area contributed by atoms with Gasteiger partial charge in [0.15, 0.2) is 0 Å². The summed E-state index contributed by atoms with van der Waals surface area (Å²) in [5.41, 5.74) is 1.95. The van der Waals surface area contributed by atoms with Gasteiger partial charge in [0, 0.05) is 28.4 Å². The van der Waals surface area contributed by atoms with E-state index in [-0.39, 0.29) is 0 Å². The van der Waals surface area contributed by atoms with Gasteiger partial charge in [0.2, 0.25) is 0 Å². The summed E-state index contributed by atoms with van der Waals surface area (Å²) in [6.07, 6.45) is 7.38. The molecule has 0 saturated heterocycles. The van der Waals surface area contributed by atoms with E-state index in [1.807, 2.05) is 41.2 Å². The van der Waals surface area contributed by atoms with Gasteiger partial charge in [-0.15, -0.1) is 0 Å². The van der Waals surface area contributed by atoms with Gasteiger partial charge in [-0.3, -0.25) is 9.55 Å². The van der Waals surface area contributed by atoms with Gasteiger partial charge in [-0.05, 0) is 40.2 Å². The predicted octanol–water partition coefficient (Wildman–Crippen LogP) is 3.18. The molecule has 0 unspecified atom stereocenters.